The Morgan fingerprint density at radius 2 is 1.58 bits per heavy atom. The molecule has 0 spiro atoms. The summed E-state index contributed by atoms with van der Waals surface area (Å²) in [5.41, 5.74) is 7.07. The summed E-state index contributed by atoms with van der Waals surface area (Å²) in [5.74, 6) is -1.88. The molecular weight excluding hydrogens is 440 g/mol. The molecule has 3 rings (SSSR count). The van der Waals surface area contributed by atoms with E-state index in [0.717, 1.165) is 56.9 Å². The number of carbonyl (C=O) groups excluding carboxylic acids is 2. The number of hydrogen-bond donors (Lipinski definition) is 2. The van der Waals surface area contributed by atoms with E-state index < -0.39 is 27.0 Å². The quantitative estimate of drug-likeness (QED) is 0.498. The van der Waals surface area contributed by atoms with Gasteiger partial charge in [0.25, 0.3) is 0 Å². The molecule has 2 fully saturated rings. The number of ether oxygens (including phenoxy) is 1. The summed E-state index contributed by atoms with van der Waals surface area (Å²) in [4.78, 5) is 26.6. The molecule has 1 amide bonds. The molecule has 3 N–H and O–H groups in total. The highest BCUT2D eigenvalue weighted by atomic mass is 32.2. The lowest BCUT2D eigenvalue weighted by molar-refractivity contribution is -0.137. The zero-order chi connectivity index (χ0) is 23.8. The van der Waals surface area contributed by atoms with Gasteiger partial charge in [-0.05, 0) is 49.3 Å². The molecule has 0 aromatic heterocycles. The third-order valence-electron chi connectivity index (χ3n) is 7.16. The Labute approximate surface area is 197 Å². The van der Waals surface area contributed by atoms with E-state index in [0.29, 0.717) is 18.6 Å². The second kappa shape index (κ2) is 12.0. The number of rotatable bonds is 10. The molecule has 33 heavy (non-hydrogen) atoms. The van der Waals surface area contributed by atoms with Gasteiger partial charge in [-0.2, -0.15) is 0 Å². The SMILES string of the molecule is COc1ccc(CNC(=O)[C@@H](C(=O)C2CCCCC2)C(N)S(=O)(=O)CC2CCCCC2)cc1. The second-order valence-corrected chi connectivity index (χ2v) is 11.8. The zero-order valence-electron chi connectivity index (χ0n) is 19.6. The van der Waals surface area contributed by atoms with Crippen molar-refractivity contribution in [3.8, 4) is 5.75 Å². The summed E-state index contributed by atoms with van der Waals surface area (Å²) in [6.07, 6.45) is 9.15. The van der Waals surface area contributed by atoms with Crippen LogP contribution in [0.5, 0.6) is 5.75 Å². The molecular formula is C25H38N2O5S. The zero-order valence-corrected chi connectivity index (χ0v) is 20.4. The van der Waals surface area contributed by atoms with Gasteiger partial charge in [0.05, 0.1) is 12.9 Å². The highest BCUT2D eigenvalue weighted by Crippen LogP contribution is 2.30. The fraction of sp³-hybridized carbons (Fsp3) is 0.680. The Balaban J connectivity index is 1.75. The van der Waals surface area contributed by atoms with Crippen molar-refractivity contribution >= 4 is 21.5 Å². The standard InChI is InChI=1S/C25H38N2O5S/c1-32-21-14-12-18(13-15-21)16-27-25(29)22(23(28)20-10-6-3-7-11-20)24(26)33(30,31)17-19-8-4-2-5-9-19/h12-15,19-20,22,24H,2-11,16-17,26H2,1H3,(H,27,29)/t22-,24?/m0/s1. The first kappa shape index (κ1) is 25.7. The van der Waals surface area contributed by atoms with Gasteiger partial charge in [-0.1, -0.05) is 50.7 Å². The van der Waals surface area contributed by atoms with E-state index in [9.17, 15) is 18.0 Å². The normalized spacial score (nSPS) is 20.1. The van der Waals surface area contributed by atoms with Crippen LogP contribution in [0.25, 0.3) is 0 Å². The van der Waals surface area contributed by atoms with Gasteiger partial charge in [0.2, 0.25) is 5.91 Å². The Hall–Kier alpha value is -1.93. The summed E-state index contributed by atoms with van der Waals surface area (Å²) in [6.45, 7) is 0.187. The van der Waals surface area contributed by atoms with Gasteiger partial charge in [-0.25, -0.2) is 8.42 Å². The van der Waals surface area contributed by atoms with Crippen LogP contribution in [0.1, 0.15) is 69.8 Å². The highest BCUT2D eigenvalue weighted by Gasteiger charge is 2.43. The first-order valence-corrected chi connectivity index (χ1v) is 13.9. The maximum absolute atomic E-state index is 13.4. The van der Waals surface area contributed by atoms with Gasteiger partial charge in [-0.3, -0.25) is 9.59 Å². The predicted molar refractivity (Wildman–Crippen MR) is 128 cm³/mol. The van der Waals surface area contributed by atoms with Crippen molar-refractivity contribution in [1.29, 1.82) is 0 Å². The number of carbonyl (C=O) groups is 2. The smallest absolute Gasteiger partial charge is 0.233 e. The Bertz CT molecular complexity index is 888. The van der Waals surface area contributed by atoms with Gasteiger partial charge in [-0.15, -0.1) is 0 Å². The largest absolute Gasteiger partial charge is 0.497 e. The number of methoxy groups -OCH3 is 1. The van der Waals surface area contributed by atoms with Crippen LogP contribution in [-0.2, 0) is 26.0 Å². The van der Waals surface area contributed by atoms with Crippen molar-refractivity contribution in [3.63, 3.8) is 0 Å². The summed E-state index contributed by atoms with van der Waals surface area (Å²) in [7, 11) is -2.22. The molecule has 0 radical (unpaired) electrons. The number of nitrogens with one attached hydrogen (secondary N) is 1. The highest BCUT2D eigenvalue weighted by molar-refractivity contribution is 7.92. The number of amides is 1. The predicted octanol–water partition coefficient (Wildman–Crippen LogP) is 3.36. The van der Waals surface area contributed by atoms with Crippen LogP contribution < -0.4 is 15.8 Å². The molecule has 2 saturated carbocycles. The molecule has 1 unspecified atom stereocenters. The van der Waals surface area contributed by atoms with Crippen molar-refractivity contribution in [2.24, 2.45) is 23.5 Å². The lowest BCUT2D eigenvalue weighted by Gasteiger charge is -2.29. The van der Waals surface area contributed by atoms with E-state index in [2.05, 4.69) is 5.32 Å². The molecule has 0 bridgehead atoms. The number of sulfone groups is 1. The van der Waals surface area contributed by atoms with E-state index in [-0.39, 0.29) is 29.9 Å². The van der Waals surface area contributed by atoms with Gasteiger partial charge in [0.1, 0.15) is 17.0 Å². The van der Waals surface area contributed by atoms with Crippen molar-refractivity contribution in [1.82, 2.24) is 5.32 Å². The summed E-state index contributed by atoms with van der Waals surface area (Å²) in [6, 6.07) is 7.20. The van der Waals surface area contributed by atoms with Crippen molar-refractivity contribution in [3.05, 3.63) is 29.8 Å². The fourth-order valence-corrected chi connectivity index (χ4v) is 7.01. The molecule has 0 aliphatic heterocycles. The summed E-state index contributed by atoms with van der Waals surface area (Å²) < 4.78 is 31.6. The minimum absolute atomic E-state index is 0.0472. The molecule has 2 atom stereocenters. The van der Waals surface area contributed by atoms with E-state index in [1.54, 1.807) is 19.2 Å². The number of ketones is 1. The molecule has 2 aliphatic rings. The van der Waals surface area contributed by atoms with Gasteiger partial charge in [0, 0.05) is 12.5 Å². The summed E-state index contributed by atoms with van der Waals surface area (Å²) in [5, 5.41) is 1.26. The summed E-state index contributed by atoms with van der Waals surface area (Å²) >= 11 is 0. The van der Waals surface area contributed by atoms with E-state index in [4.69, 9.17) is 10.5 Å². The third kappa shape index (κ3) is 7.03. The molecule has 1 aromatic carbocycles. The van der Waals surface area contributed by atoms with Gasteiger partial charge >= 0.3 is 0 Å². The monoisotopic (exact) mass is 478 g/mol. The van der Waals surface area contributed by atoms with Crippen LogP contribution in [-0.4, -0.2) is 38.3 Å². The molecule has 0 heterocycles. The molecule has 184 valence electrons. The number of nitrogens with two attached hydrogens (primary N) is 1. The van der Waals surface area contributed by atoms with Crippen LogP contribution in [0, 0.1) is 17.8 Å². The molecule has 2 aliphatic carbocycles. The first-order valence-electron chi connectivity index (χ1n) is 12.2. The lowest BCUT2D eigenvalue weighted by atomic mass is 9.81. The Morgan fingerprint density at radius 3 is 2.15 bits per heavy atom. The van der Waals surface area contributed by atoms with Gasteiger partial charge in [0.15, 0.2) is 15.6 Å². The van der Waals surface area contributed by atoms with Crippen LogP contribution in [0.4, 0.5) is 0 Å². The van der Waals surface area contributed by atoms with Crippen LogP contribution in [0.3, 0.4) is 0 Å². The second-order valence-electron chi connectivity index (χ2n) is 9.58. The van der Waals surface area contributed by atoms with E-state index in [1.807, 2.05) is 12.1 Å². The maximum atomic E-state index is 13.4. The van der Waals surface area contributed by atoms with E-state index >= 15 is 0 Å². The third-order valence-corrected chi connectivity index (χ3v) is 9.20. The minimum Gasteiger partial charge on any atom is -0.497 e. The minimum atomic E-state index is -3.80. The number of Topliss-reactive ketones (excluding diaryl/α,β-unsaturated/α-hetero) is 1. The average molecular weight is 479 g/mol. The molecule has 1 aromatic rings. The number of benzene rings is 1. The number of hydrogen-bond acceptors (Lipinski definition) is 6. The van der Waals surface area contributed by atoms with Crippen molar-refractivity contribution in [2.45, 2.75) is 76.1 Å². The van der Waals surface area contributed by atoms with Crippen LogP contribution >= 0.6 is 0 Å². The molecule has 7 nitrogen and oxygen atoms in total. The van der Waals surface area contributed by atoms with Crippen LogP contribution in [0.2, 0.25) is 0 Å². The van der Waals surface area contributed by atoms with Crippen molar-refractivity contribution in [2.75, 3.05) is 12.9 Å². The first-order chi connectivity index (χ1) is 15.8. The molecule has 8 heteroatoms. The van der Waals surface area contributed by atoms with Gasteiger partial charge < -0.3 is 15.8 Å². The van der Waals surface area contributed by atoms with E-state index in [1.165, 1.54) is 0 Å². The Morgan fingerprint density at radius 1 is 1.00 bits per heavy atom. The van der Waals surface area contributed by atoms with Crippen LogP contribution in [0.15, 0.2) is 24.3 Å². The molecule has 0 saturated heterocycles. The topological polar surface area (TPSA) is 116 Å². The lowest BCUT2D eigenvalue weighted by Crippen LogP contribution is -2.52. The average Bonchev–Trinajstić information content (AvgIpc) is 2.84. The maximum Gasteiger partial charge on any atom is 0.233 e. The van der Waals surface area contributed by atoms with Crippen molar-refractivity contribution < 1.29 is 22.7 Å². The Kier molecular flexibility index (Phi) is 9.32. The fourth-order valence-electron chi connectivity index (χ4n) is 5.12.